The highest BCUT2D eigenvalue weighted by atomic mass is 19.1. The van der Waals surface area contributed by atoms with E-state index in [1.807, 2.05) is 35.4 Å². The molecule has 0 unspecified atom stereocenters. The van der Waals surface area contributed by atoms with Crippen LogP contribution in [0.1, 0.15) is 6.92 Å². The minimum Gasteiger partial charge on any atom is -0.442 e. The second kappa shape index (κ2) is 9.17. The molecule has 34 heavy (non-hydrogen) atoms. The molecule has 3 heterocycles. The Morgan fingerprint density at radius 2 is 1.82 bits per heavy atom. The molecule has 1 N–H and O–H groups in total. The highest BCUT2D eigenvalue weighted by molar-refractivity contribution is 5.92. The van der Waals surface area contributed by atoms with Gasteiger partial charge in [-0.15, -0.1) is 0 Å². The Kier molecular flexibility index (Phi) is 5.91. The highest BCUT2D eigenvalue weighted by Crippen LogP contribution is 2.30. The average molecular weight is 464 g/mol. The first-order valence-corrected chi connectivity index (χ1v) is 11.4. The predicted molar refractivity (Wildman–Crippen MR) is 129 cm³/mol. The lowest BCUT2D eigenvalue weighted by Crippen LogP contribution is -2.47. The summed E-state index contributed by atoms with van der Waals surface area (Å²) in [6.07, 6.45) is 0.823. The molecular formula is C25H26FN5O3. The van der Waals surface area contributed by atoms with Gasteiger partial charge in [-0.2, -0.15) is 0 Å². The van der Waals surface area contributed by atoms with Crippen molar-refractivity contribution in [1.29, 1.82) is 0 Å². The smallest absolute Gasteiger partial charge is 0.414 e. The standard InChI is InChI=1S/C25H26FN5O3/c1-17(32)28-15-19-16-31(25(33)34-19)18-6-7-24(21(26)14-18)30-12-10-29(11-13-30)23-8-9-27-22-5-3-2-4-20(22)23/h2-9,14,19H,10-13,15-16H2,1H3,(H,28,32)/t19-/m0/s1. The molecule has 5 rings (SSSR count). The molecule has 1 aromatic heterocycles. The van der Waals surface area contributed by atoms with Crippen LogP contribution in [0.15, 0.2) is 54.7 Å². The molecule has 0 spiro atoms. The molecule has 0 aliphatic carbocycles. The first-order valence-electron chi connectivity index (χ1n) is 11.4. The fourth-order valence-electron chi connectivity index (χ4n) is 4.56. The van der Waals surface area contributed by atoms with Crippen molar-refractivity contribution < 1.29 is 18.7 Å². The number of halogens is 1. The van der Waals surface area contributed by atoms with Crippen LogP contribution >= 0.6 is 0 Å². The number of hydrogen-bond donors (Lipinski definition) is 1. The Labute approximate surface area is 196 Å². The maximum Gasteiger partial charge on any atom is 0.414 e. The van der Waals surface area contributed by atoms with Crippen molar-refractivity contribution in [3.8, 4) is 0 Å². The zero-order valence-electron chi connectivity index (χ0n) is 18.9. The van der Waals surface area contributed by atoms with Crippen LogP contribution in [0.3, 0.4) is 0 Å². The molecule has 3 aromatic rings. The quantitative estimate of drug-likeness (QED) is 0.626. The topological polar surface area (TPSA) is 78.0 Å². The molecule has 9 heteroatoms. The summed E-state index contributed by atoms with van der Waals surface area (Å²) in [6.45, 7) is 4.78. The molecule has 2 saturated heterocycles. The molecule has 2 aliphatic heterocycles. The van der Waals surface area contributed by atoms with Crippen LogP contribution in [-0.2, 0) is 9.53 Å². The molecule has 2 aromatic carbocycles. The van der Waals surface area contributed by atoms with E-state index in [4.69, 9.17) is 4.74 Å². The second-order valence-electron chi connectivity index (χ2n) is 8.51. The summed E-state index contributed by atoms with van der Waals surface area (Å²) < 4.78 is 20.4. The number of rotatable bonds is 5. The minimum absolute atomic E-state index is 0.192. The molecule has 0 radical (unpaired) electrons. The molecule has 2 amide bonds. The van der Waals surface area contributed by atoms with Crippen LogP contribution in [0.25, 0.3) is 10.9 Å². The van der Waals surface area contributed by atoms with E-state index in [2.05, 4.69) is 21.3 Å². The van der Waals surface area contributed by atoms with Gasteiger partial charge in [-0.3, -0.25) is 14.7 Å². The van der Waals surface area contributed by atoms with Gasteiger partial charge in [-0.1, -0.05) is 18.2 Å². The van der Waals surface area contributed by atoms with Crippen molar-refractivity contribution in [1.82, 2.24) is 10.3 Å². The van der Waals surface area contributed by atoms with Crippen molar-refractivity contribution >= 4 is 40.0 Å². The van der Waals surface area contributed by atoms with E-state index in [-0.39, 0.29) is 24.8 Å². The van der Waals surface area contributed by atoms with E-state index in [1.165, 1.54) is 17.9 Å². The van der Waals surface area contributed by atoms with Gasteiger partial charge in [-0.05, 0) is 30.3 Å². The number of pyridine rings is 1. The third-order valence-corrected chi connectivity index (χ3v) is 6.28. The molecular weight excluding hydrogens is 437 g/mol. The number of benzene rings is 2. The largest absolute Gasteiger partial charge is 0.442 e. The van der Waals surface area contributed by atoms with Crippen molar-refractivity contribution in [2.75, 3.05) is 54.0 Å². The van der Waals surface area contributed by atoms with Gasteiger partial charge in [0, 0.05) is 50.4 Å². The van der Waals surface area contributed by atoms with Crippen molar-refractivity contribution in [3.05, 3.63) is 60.5 Å². The normalized spacial score (nSPS) is 18.4. The summed E-state index contributed by atoms with van der Waals surface area (Å²) in [5.74, 6) is -0.569. The number of aromatic nitrogens is 1. The predicted octanol–water partition coefficient (Wildman–Crippen LogP) is 3.16. The van der Waals surface area contributed by atoms with Crippen molar-refractivity contribution in [3.63, 3.8) is 0 Å². The fraction of sp³-hybridized carbons (Fsp3) is 0.320. The first-order chi connectivity index (χ1) is 16.5. The molecule has 1 atom stereocenters. The summed E-state index contributed by atoms with van der Waals surface area (Å²) in [7, 11) is 0. The number of carbonyl (C=O) groups excluding carboxylic acids is 2. The Bertz CT molecular complexity index is 1220. The van der Waals surface area contributed by atoms with Crippen LogP contribution in [0.2, 0.25) is 0 Å². The number of piperazine rings is 1. The van der Waals surface area contributed by atoms with Gasteiger partial charge >= 0.3 is 6.09 Å². The van der Waals surface area contributed by atoms with Gasteiger partial charge in [0.15, 0.2) is 0 Å². The summed E-state index contributed by atoms with van der Waals surface area (Å²) in [5.41, 5.74) is 3.06. The third kappa shape index (κ3) is 4.33. The Balaban J connectivity index is 1.25. The lowest BCUT2D eigenvalue weighted by atomic mass is 10.1. The van der Waals surface area contributed by atoms with Gasteiger partial charge in [0.25, 0.3) is 0 Å². The number of para-hydroxylation sites is 1. The number of anilines is 3. The summed E-state index contributed by atoms with van der Waals surface area (Å²) >= 11 is 0. The molecule has 8 nitrogen and oxygen atoms in total. The molecule has 2 fully saturated rings. The first kappa shape index (κ1) is 21.9. The summed E-state index contributed by atoms with van der Waals surface area (Å²) in [5, 5.41) is 3.75. The summed E-state index contributed by atoms with van der Waals surface area (Å²) in [6, 6.07) is 14.9. The maximum atomic E-state index is 15.1. The number of hydrogen-bond acceptors (Lipinski definition) is 6. The van der Waals surface area contributed by atoms with E-state index in [1.54, 1.807) is 12.1 Å². The van der Waals surface area contributed by atoms with E-state index < -0.39 is 12.2 Å². The van der Waals surface area contributed by atoms with Crippen molar-refractivity contribution in [2.45, 2.75) is 13.0 Å². The zero-order chi connectivity index (χ0) is 23.7. The van der Waals surface area contributed by atoms with Gasteiger partial charge in [0.2, 0.25) is 5.91 Å². The number of nitrogens with zero attached hydrogens (tertiary/aromatic N) is 4. The second-order valence-corrected chi connectivity index (χ2v) is 8.51. The van der Waals surface area contributed by atoms with Gasteiger partial charge in [0.1, 0.15) is 11.9 Å². The third-order valence-electron chi connectivity index (χ3n) is 6.28. The van der Waals surface area contributed by atoms with E-state index in [0.29, 0.717) is 24.5 Å². The zero-order valence-corrected chi connectivity index (χ0v) is 18.9. The number of nitrogens with one attached hydrogen (secondary N) is 1. The maximum absolute atomic E-state index is 15.1. The lowest BCUT2D eigenvalue weighted by Gasteiger charge is -2.38. The number of fused-ring (bicyclic) bond motifs is 1. The van der Waals surface area contributed by atoms with E-state index in [9.17, 15) is 9.59 Å². The number of amides is 2. The monoisotopic (exact) mass is 463 g/mol. The van der Waals surface area contributed by atoms with Gasteiger partial charge in [-0.25, -0.2) is 9.18 Å². The van der Waals surface area contributed by atoms with Crippen LogP contribution in [0.5, 0.6) is 0 Å². The molecule has 0 saturated carbocycles. The van der Waals surface area contributed by atoms with Gasteiger partial charge in [0.05, 0.1) is 30.0 Å². The minimum atomic E-state index is -0.541. The number of carbonyl (C=O) groups is 2. The Morgan fingerprint density at radius 1 is 1.09 bits per heavy atom. The molecule has 176 valence electrons. The van der Waals surface area contributed by atoms with E-state index >= 15 is 4.39 Å². The number of cyclic esters (lactones) is 1. The van der Waals surface area contributed by atoms with E-state index in [0.717, 1.165) is 29.7 Å². The Hall–Kier alpha value is -3.88. The van der Waals surface area contributed by atoms with Gasteiger partial charge < -0.3 is 19.9 Å². The summed E-state index contributed by atoms with van der Waals surface area (Å²) in [4.78, 5) is 33.5. The Morgan fingerprint density at radius 3 is 2.56 bits per heavy atom. The highest BCUT2D eigenvalue weighted by Gasteiger charge is 2.33. The van der Waals surface area contributed by atoms with Crippen LogP contribution in [0, 0.1) is 5.82 Å². The van der Waals surface area contributed by atoms with Crippen LogP contribution < -0.4 is 20.0 Å². The van der Waals surface area contributed by atoms with Crippen LogP contribution in [-0.4, -0.2) is 62.4 Å². The average Bonchev–Trinajstić information content (AvgIpc) is 3.23. The lowest BCUT2D eigenvalue weighted by molar-refractivity contribution is -0.119. The van der Waals surface area contributed by atoms with Crippen molar-refractivity contribution in [2.24, 2.45) is 0 Å². The SMILES string of the molecule is CC(=O)NC[C@H]1CN(c2ccc(N3CCN(c4ccnc5ccccc45)CC3)c(F)c2)C(=O)O1. The fourth-order valence-corrected chi connectivity index (χ4v) is 4.56. The molecule has 2 aliphatic rings. The number of ether oxygens (including phenoxy) is 1. The molecule has 0 bridgehead atoms. The van der Waals surface area contributed by atoms with Crippen LogP contribution in [0.4, 0.5) is 26.2 Å².